The van der Waals surface area contributed by atoms with Crippen LogP contribution >= 0.6 is 0 Å². The van der Waals surface area contributed by atoms with E-state index in [1.165, 1.54) is 44.9 Å². The molecule has 0 amide bonds. The van der Waals surface area contributed by atoms with Crippen LogP contribution in [0.1, 0.15) is 51.9 Å². The Labute approximate surface area is 81.1 Å². The number of nitriles is 1. The molecule has 0 aliphatic heterocycles. The second kappa shape index (κ2) is 3.33. The predicted molar refractivity (Wildman–Crippen MR) is 53.0 cm³/mol. The van der Waals surface area contributed by atoms with Crippen LogP contribution in [0.2, 0.25) is 0 Å². The first kappa shape index (κ1) is 9.06. The molecule has 0 spiro atoms. The van der Waals surface area contributed by atoms with Gasteiger partial charge in [0.15, 0.2) is 0 Å². The summed E-state index contributed by atoms with van der Waals surface area (Å²) in [5, 5.41) is 9.08. The minimum atomic E-state index is 0.151. The largest absolute Gasteiger partial charge is 0.198 e. The summed E-state index contributed by atoms with van der Waals surface area (Å²) in [7, 11) is 0. The molecule has 0 radical (unpaired) electrons. The highest BCUT2D eigenvalue weighted by Crippen LogP contribution is 2.56. The molecule has 1 heteroatoms. The smallest absolute Gasteiger partial charge is 0.0692 e. The van der Waals surface area contributed by atoms with Gasteiger partial charge in [-0.3, -0.25) is 0 Å². The third-order valence-corrected chi connectivity index (χ3v) is 4.22. The van der Waals surface area contributed by atoms with Crippen molar-refractivity contribution in [2.75, 3.05) is 0 Å². The lowest BCUT2D eigenvalue weighted by atomic mass is 9.74. The molecule has 0 aromatic heterocycles. The second-order valence-corrected chi connectivity index (χ2v) is 4.89. The van der Waals surface area contributed by atoms with Crippen molar-refractivity contribution in [2.24, 2.45) is 17.3 Å². The Hall–Kier alpha value is -0.510. The molecule has 0 unspecified atom stereocenters. The van der Waals surface area contributed by atoms with E-state index in [0.717, 1.165) is 11.8 Å². The molecule has 0 aromatic rings. The highest BCUT2D eigenvalue weighted by molar-refractivity contribution is 5.13. The molecule has 1 nitrogen and oxygen atoms in total. The van der Waals surface area contributed by atoms with Crippen molar-refractivity contribution in [3.05, 3.63) is 0 Å². The van der Waals surface area contributed by atoms with Crippen molar-refractivity contribution in [3.63, 3.8) is 0 Å². The molecule has 72 valence electrons. The van der Waals surface area contributed by atoms with Gasteiger partial charge in [0.1, 0.15) is 0 Å². The van der Waals surface area contributed by atoms with Crippen molar-refractivity contribution in [1.29, 1.82) is 5.26 Å². The van der Waals surface area contributed by atoms with Gasteiger partial charge in [0, 0.05) is 0 Å². The van der Waals surface area contributed by atoms with E-state index in [1.54, 1.807) is 0 Å². The predicted octanol–water partition coefficient (Wildman–Crippen LogP) is 3.51. The van der Waals surface area contributed by atoms with E-state index in [2.05, 4.69) is 13.0 Å². The maximum atomic E-state index is 9.08. The molecular weight excluding hydrogens is 158 g/mol. The van der Waals surface area contributed by atoms with Gasteiger partial charge < -0.3 is 0 Å². The van der Waals surface area contributed by atoms with Crippen LogP contribution in [0.3, 0.4) is 0 Å². The molecule has 2 fully saturated rings. The summed E-state index contributed by atoms with van der Waals surface area (Å²) in [4.78, 5) is 0. The third-order valence-electron chi connectivity index (χ3n) is 4.22. The number of nitrogens with zero attached hydrogens (tertiary/aromatic N) is 1. The lowest BCUT2D eigenvalue weighted by molar-refractivity contribution is 0.218. The molecule has 0 bridgehead atoms. The average Bonchev–Trinajstić information content (AvgIpc) is 2.99. The van der Waals surface area contributed by atoms with Gasteiger partial charge in [-0.2, -0.15) is 5.26 Å². The molecular formula is C12H19N. The van der Waals surface area contributed by atoms with Gasteiger partial charge in [-0.05, 0) is 37.5 Å². The standard InChI is InChI=1S/C12H19N/c1-2-10-3-5-11(6-4-10)12(9-13)7-8-12/h10-11H,2-8H2,1H3. The fraction of sp³-hybridized carbons (Fsp3) is 0.917. The van der Waals surface area contributed by atoms with Crippen LogP contribution in [0.4, 0.5) is 0 Å². The lowest BCUT2D eigenvalue weighted by Gasteiger charge is -2.30. The average molecular weight is 177 g/mol. The minimum Gasteiger partial charge on any atom is -0.198 e. The molecule has 2 rings (SSSR count). The van der Waals surface area contributed by atoms with Crippen LogP contribution in [0, 0.1) is 28.6 Å². The van der Waals surface area contributed by atoms with Crippen molar-refractivity contribution >= 4 is 0 Å². The van der Waals surface area contributed by atoms with Gasteiger partial charge in [0.05, 0.1) is 11.5 Å². The SMILES string of the molecule is CCC1CCC(C2(C#N)CC2)CC1. The Morgan fingerprint density at radius 3 is 2.23 bits per heavy atom. The van der Waals surface area contributed by atoms with Crippen molar-refractivity contribution in [2.45, 2.75) is 51.9 Å². The van der Waals surface area contributed by atoms with E-state index < -0.39 is 0 Å². The van der Waals surface area contributed by atoms with Crippen LogP contribution in [0.25, 0.3) is 0 Å². The van der Waals surface area contributed by atoms with E-state index in [4.69, 9.17) is 5.26 Å². The quantitative estimate of drug-likeness (QED) is 0.633. The Morgan fingerprint density at radius 2 is 1.85 bits per heavy atom. The summed E-state index contributed by atoms with van der Waals surface area (Å²) in [5.41, 5.74) is 0.151. The van der Waals surface area contributed by atoms with Gasteiger partial charge in [-0.1, -0.05) is 26.2 Å². The van der Waals surface area contributed by atoms with E-state index in [9.17, 15) is 0 Å². The fourth-order valence-electron chi connectivity index (χ4n) is 2.87. The van der Waals surface area contributed by atoms with Crippen LogP contribution in [0.5, 0.6) is 0 Å². The second-order valence-electron chi connectivity index (χ2n) is 4.89. The van der Waals surface area contributed by atoms with Gasteiger partial charge in [-0.25, -0.2) is 0 Å². The minimum absolute atomic E-state index is 0.151. The van der Waals surface area contributed by atoms with Gasteiger partial charge in [-0.15, -0.1) is 0 Å². The summed E-state index contributed by atoms with van der Waals surface area (Å²) < 4.78 is 0. The maximum Gasteiger partial charge on any atom is 0.0692 e. The van der Waals surface area contributed by atoms with E-state index in [0.29, 0.717) is 0 Å². The van der Waals surface area contributed by atoms with Crippen molar-refractivity contribution < 1.29 is 0 Å². The first-order valence-electron chi connectivity index (χ1n) is 5.72. The van der Waals surface area contributed by atoms with Crippen molar-refractivity contribution in [3.8, 4) is 6.07 Å². The van der Waals surface area contributed by atoms with Crippen LogP contribution < -0.4 is 0 Å². The molecule has 2 saturated carbocycles. The molecule has 0 N–H and O–H groups in total. The summed E-state index contributed by atoms with van der Waals surface area (Å²) in [6, 6.07) is 2.55. The summed E-state index contributed by atoms with van der Waals surface area (Å²) in [6.07, 6.45) is 9.12. The first-order chi connectivity index (χ1) is 6.30. The lowest BCUT2D eigenvalue weighted by Crippen LogP contribution is -2.21. The summed E-state index contributed by atoms with van der Waals surface area (Å²) >= 11 is 0. The molecule has 2 aliphatic carbocycles. The zero-order valence-electron chi connectivity index (χ0n) is 8.55. The zero-order chi connectivity index (χ0) is 9.31. The Balaban J connectivity index is 1.89. The third kappa shape index (κ3) is 1.59. The topological polar surface area (TPSA) is 23.8 Å². The van der Waals surface area contributed by atoms with Crippen molar-refractivity contribution in [1.82, 2.24) is 0 Å². The van der Waals surface area contributed by atoms with Crippen LogP contribution in [-0.2, 0) is 0 Å². The van der Waals surface area contributed by atoms with Gasteiger partial charge >= 0.3 is 0 Å². The number of hydrogen-bond donors (Lipinski definition) is 0. The molecule has 0 heterocycles. The van der Waals surface area contributed by atoms with E-state index >= 15 is 0 Å². The number of rotatable bonds is 2. The van der Waals surface area contributed by atoms with Crippen LogP contribution in [-0.4, -0.2) is 0 Å². The highest BCUT2D eigenvalue weighted by atomic mass is 14.5. The van der Waals surface area contributed by atoms with E-state index in [-0.39, 0.29) is 5.41 Å². The molecule has 2 aliphatic rings. The first-order valence-corrected chi connectivity index (χ1v) is 5.72. The maximum absolute atomic E-state index is 9.08. The van der Waals surface area contributed by atoms with E-state index in [1.807, 2.05) is 0 Å². The Bertz CT molecular complexity index is 214. The van der Waals surface area contributed by atoms with Gasteiger partial charge in [0.2, 0.25) is 0 Å². The molecule has 0 saturated heterocycles. The summed E-state index contributed by atoms with van der Waals surface area (Å²) in [5.74, 6) is 1.71. The molecule has 0 atom stereocenters. The number of hydrogen-bond acceptors (Lipinski definition) is 1. The monoisotopic (exact) mass is 177 g/mol. The normalized spacial score (nSPS) is 36.6. The molecule has 13 heavy (non-hydrogen) atoms. The fourth-order valence-corrected chi connectivity index (χ4v) is 2.87. The Kier molecular flexibility index (Phi) is 2.32. The molecule has 0 aromatic carbocycles. The summed E-state index contributed by atoms with van der Waals surface area (Å²) in [6.45, 7) is 2.29. The Morgan fingerprint density at radius 1 is 1.23 bits per heavy atom. The zero-order valence-corrected chi connectivity index (χ0v) is 8.55. The van der Waals surface area contributed by atoms with Gasteiger partial charge in [0.25, 0.3) is 0 Å². The highest BCUT2D eigenvalue weighted by Gasteiger charge is 2.50. The van der Waals surface area contributed by atoms with Crippen LogP contribution in [0.15, 0.2) is 0 Å².